The molecule has 1 saturated carbocycles. The highest BCUT2D eigenvalue weighted by molar-refractivity contribution is 5.68. The summed E-state index contributed by atoms with van der Waals surface area (Å²) in [5, 5.41) is 2.98. The van der Waals surface area contributed by atoms with E-state index in [1.807, 2.05) is 0 Å². The normalized spacial score (nSPS) is 13.4. The van der Waals surface area contributed by atoms with Crippen molar-refractivity contribution >= 4 is 5.82 Å². The molecule has 3 aromatic heterocycles. The molecular weight excluding hydrogens is 553 g/mol. The van der Waals surface area contributed by atoms with Gasteiger partial charge in [0.25, 0.3) is 0 Å². The maximum atomic E-state index is 13.2. The van der Waals surface area contributed by atoms with E-state index in [4.69, 9.17) is 9.47 Å². The Morgan fingerprint density at radius 3 is 2.46 bits per heavy atom. The lowest BCUT2D eigenvalue weighted by Gasteiger charge is -2.16. The summed E-state index contributed by atoms with van der Waals surface area (Å²) in [6.07, 6.45) is 0.671. The van der Waals surface area contributed by atoms with Gasteiger partial charge in [0.1, 0.15) is 23.5 Å². The highest BCUT2D eigenvalue weighted by Crippen LogP contribution is 2.45. The summed E-state index contributed by atoms with van der Waals surface area (Å²) in [6, 6.07) is 4.74. The van der Waals surface area contributed by atoms with Gasteiger partial charge in [-0.3, -0.25) is 0 Å². The zero-order valence-electron chi connectivity index (χ0n) is 22.0. The molecule has 15 heteroatoms. The van der Waals surface area contributed by atoms with Gasteiger partial charge < -0.3 is 24.1 Å². The summed E-state index contributed by atoms with van der Waals surface area (Å²) >= 11 is 0. The van der Waals surface area contributed by atoms with Crippen LogP contribution in [0.2, 0.25) is 0 Å². The lowest BCUT2D eigenvalue weighted by molar-refractivity contribution is -0.140. The minimum Gasteiger partial charge on any atom is -0.496 e. The van der Waals surface area contributed by atoms with Crippen molar-refractivity contribution in [1.29, 1.82) is 0 Å². The Kier molecular flexibility index (Phi) is 7.60. The number of nitrogens with zero attached hydrogens (tertiary/aromatic N) is 6. The number of rotatable bonds is 10. The summed E-state index contributed by atoms with van der Waals surface area (Å²) in [4.78, 5) is 20.9. The van der Waals surface area contributed by atoms with E-state index in [-0.39, 0.29) is 41.6 Å². The quantitative estimate of drug-likeness (QED) is 0.246. The largest absolute Gasteiger partial charge is 0.496 e. The molecular formula is C26H24F5N7O3. The maximum Gasteiger partial charge on any atom is 0.434 e. The van der Waals surface area contributed by atoms with Gasteiger partial charge in [-0.25, -0.2) is 24.9 Å². The SMILES string of the molecule is COc1cc(-c2nc(C(F)(F)F)cn2C)ccc1CNc1nc(-c2c(OC)ncnc2C2CC2)ncc1OC(F)F. The Hall–Kier alpha value is -4.56. The average Bonchev–Trinajstić information content (AvgIpc) is 3.71. The first-order valence-corrected chi connectivity index (χ1v) is 12.3. The number of ether oxygens (including phenoxy) is 3. The molecule has 1 aromatic carbocycles. The molecule has 3 heterocycles. The second-order valence-corrected chi connectivity index (χ2v) is 9.14. The summed E-state index contributed by atoms with van der Waals surface area (Å²) in [7, 11) is 4.30. The Morgan fingerprint density at radius 2 is 1.83 bits per heavy atom. The number of aromatic nitrogens is 6. The Labute approximate surface area is 230 Å². The molecule has 1 fully saturated rings. The molecule has 0 aliphatic heterocycles. The van der Waals surface area contributed by atoms with E-state index in [0.717, 1.165) is 25.2 Å². The summed E-state index contributed by atoms with van der Waals surface area (Å²) < 4.78 is 82.5. The molecule has 0 spiro atoms. The van der Waals surface area contributed by atoms with Crippen LogP contribution in [0.1, 0.15) is 35.7 Å². The third-order valence-electron chi connectivity index (χ3n) is 6.35. The van der Waals surface area contributed by atoms with E-state index < -0.39 is 18.5 Å². The number of benzene rings is 1. The predicted molar refractivity (Wildman–Crippen MR) is 136 cm³/mol. The molecule has 0 unspecified atom stereocenters. The Balaban J connectivity index is 1.46. The van der Waals surface area contributed by atoms with Crippen LogP contribution in [0, 0.1) is 0 Å². The van der Waals surface area contributed by atoms with E-state index in [9.17, 15) is 22.0 Å². The topological polar surface area (TPSA) is 109 Å². The fourth-order valence-corrected chi connectivity index (χ4v) is 4.29. The Bertz CT molecular complexity index is 1560. The smallest absolute Gasteiger partial charge is 0.434 e. The average molecular weight is 578 g/mol. The van der Waals surface area contributed by atoms with Crippen LogP contribution < -0.4 is 19.5 Å². The zero-order valence-corrected chi connectivity index (χ0v) is 22.0. The van der Waals surface area contributed by atoms with Gasteiger partial charge in [-0.05, 0) is 18.9 Å². The number of nitrogens with one attached hydrogen (secondary N) is 1. The highest BCUT2D eigenvalue weighted by Gasteiger charge is 2.35. The fraction of sp³-hybridized carbons (Fsp3) is 0.346. The first-order valence-electron chi connectivity index (χ1n) is 12.3. The van der Waals surface area contributed by atoms with E-state index in [1.165, 1.54) is 38.2 Å². The number of hydrogen-bond donors (Lipinski definition) is 1. The van der Waals surface area contributed by atoms with Crippen LogP contribution in [-0.4, -0.2) is 50.3 Å². The van der Waals surface area contributed by atoms with Crippen molar-refractivity contribution in [3.05, 3.63) is 53.9 Å². The molecule has 41 heavy (non-hydrogen) atoms. The van der Waals surface area contributed by atoms with Crippen LogP contribution in [0.25, 0.3) is 22.8 Å². The van der Waals surface area contributed by atoms with Crippen LogP contribution in [0.5, 0.6) is 17.4 Å². The third kappa shape index (κ3) is 5.98. The minimum atomic E-state index is -4.59. The van der Waals surface area contributed by atoms with Crippen molar-refractivity contribution in [3.63, 3.8) is 0 Å². The molecule has 0 saturated heterocycles. The lowest BCUT2D eigenvalue weighted by Crippen LogP contribution is -2.11. The van der Waals surface area contributed by atoms with Crippen LogP contribution in [-0.2, 0) is 19.8 Å². The van der Waals surface area contributed by atoms with E-state index >= 15 is 0 Å². The monoisotopic (exact) mass is 577 g/mol. The second kappa shape index (κ2) is 11.1. The van der Waals surface area contributed by atoms with Crippen molar-refractivity contribution in [2.24, 2.45) is 7.05 Å². The molecule has 0 radical (unpaired) electrons. The Morgan fingerprint density at radius 1 is 1.05 bits per heavy atom. The summed E-state index contributed by atoms with van der Waals surface area (Å²) in [5.74, 6) is 0.679. The molecule has 216 valence electrons. The van der Waals surface area contributed by atoms with Crippen molar-refractivity contribution in [1.82, 2.24) is 29.5 Å². The molecule has 1 aliphatic carbocycles. The first-order chi connectivity index (χ1) is 19.6. The minimum absolute atomic E-state index is 0.0335. The van der Waals surface area contributed by atoms with Crippen LogP contribution in [0.15, 0.2) is 36.9 Å². The van der Waals surface area contributed by atoms with Crippen molar-refractivity contribution in [2.45, 2.75) is 38.1 Å². The van der Waals surface area contributed by atoms with Gasteiger partial charge in [-0.2, -0.15) is 22.0 Å². The number of alkyl halides is 5. The fourth-order valence-electron chi connectivity index (χ4n) is 4.29. The van der Waals surface area contributed by atoms with Gasteiger partial charge in [0, 0.05) is 36.8 Å². The van der Waals surface area contributed by atoms with Gasteiger partial charge in [0.05, 0.1) is 26.1 Å². The number of halogens is 5. The van der Waals surface area contributed by atoms with Crippen molar-refractivity contribution in [2.75, 3.05) is 19.5 Å². The number of imidazole rings is 1. The summed E-state index contributed by atoms with van der Waals surface area (Å²) in [5.41, 5.74) is 1.09. The van der Waals surface area contributed by atoms with Gasteiger partial charge in [0.2, 0.25) is 5.88 Å². The van der Waals surface area contributed by atoms with E-state index in [2.05, 4.69) is 35.0 Å². The second-order valence-electron chi connectivity index (χ2n) is 9.14. The molecule has 5 rings (SSSR count). The standard InChI is InChI=1S/C26H24F5N7O3/c1-38-11-18(26(29,30)31)36-23(38)14-6-7-15(16(8-14)39-2)9-32-21-17(41-25(27)28)10-33-22(37-21)19-20(13-4-5-13)34-12-35-24(19)40-3/h6-8,10-13,25H,4-5,9H2,1-3H3,(H,32,33,37). The third-order valence-corrected chi connectivity index (χ3v) is 6.35. The zero-order chi connectivity index (χ0) is 29.3. The van der Waals surface area contributed by atoms with Crippen molar-refractivity contribution < 1.29 is 36.2 Å². The maximum absolute atomic E-state index is 13.2. The summed E-state index contributed by atoms with van der Waals surface area (Å²) in [6.45, 7) is -3.10. The van der Waals surface area contributed by atoms with E-state index in [1.54, 1.807) is 12.1 Å². The molecule has 0 atom stereocenters. The van der Waals surface area contributed by atoms with Gasteiger partial charge in [-0.1, -0.05) is 12.1 Å². The molecule has 1 aliphatic rings. The molecule has 0 amide bonds. The van der Waals surface area contributed by atoms with Gasteiger partial charge in [0.15, 0.2) is 23.1 Å². The molecule has 10 nitrogen and oxygen atoms in total. The van der Waals surface area contributed by atoms with Gasteiger partial charge >= 0.3 is 12.8 Å². The molecule has 4 aromatic rings. The van der Waals surface area contributed by atoms with Crippen LogP contribution >= 0.6 is 0 Å². The molecule has 0 bridgehead atoms. The molecule has 1 N–H and O–H groups in total. The van der Waals surface area contributed by atoms with Gasteiger partial charge in [-0.15, -0.1) is 0 Å². The number of hydrogen-bond acceptors (Lipinski definition) is 9. The van der Waals surface area contributed by atoms with Crippen LogP contribution in [0.3, 0.4) is 0 Å². The highest BCUT2D eigenvalue weighted by atomic mass is 19.4. The number of methoxy groups -OCH3 is 2. The van der Waals surface area contributed by atoms with E-state index in [0.29, 0.717) is 28.1 Å². The van der Waals surface area contributed by atoms with Crippen molar-refractivity contribution in [3.8, 4) is 40.2 Å². The van der Waals surface area contributed by atoms with Crippen LogP contribution in [0.4, 0.5) is 27.8 Å². The first kappa shape index (κ1) is 28.0. The number of aryl methyl sites for hydroxylation is 1. The number of anilines is 1. The lowest BCUT2D eigenvalue weighted by atomic mass is 10.1. The predicted octanol–water partition coefficient (Wildman–Crippen LogP) is 5.46.